The van der Waals surface area contributed by atoms with E-state index in [9.17, 15) is 14.3 Å². The number of halogens is 3. The largest absolute Gasteiger partial charge is 0.478 e. The van der Waals surface area contributed by atoms with Gasteiger partial charge in [0.1, 0.15) is 0 Å². The Morgan fingerprint density at radius 2 is 2.00 bits per heavy atom. The van der Waals surface area contributed by atoms with E-state index in [1.165, 1.54) is 24.3 Å². The third-order valence-electron chi connectivity index (χ3n) is 5.12. The van der Waals surface area contributed by atoms with Crippen molar-refractivity contribution in [2.75, 3.05) is 0 Å². The summed E-state index contributed by atoms with van der Waals surface area (Å²) in [6.45, 7) is 0. The molecular formula is C21H14ClF2N3NaO2S. The van der Waals surface area contributed by atoms with Crippen LogP contribution in [0.3, 0.4) is 0 Å². The van der Waals surface area contributed by atoms with Gasteiger partial charge >= 0.3 is 5.97 Å². The molecule has 2 aromatic heterocycles. The first kappa shape index (κ1) is 22.4. The average molecular weight is 469 g/mol. The number of rotatable bonds is 5. The van der Waals surface area contributed by atoms with E-state index in [2.05, 4.69) is 10.2 Å². The van der Waals surface area contributed by atoms with Crippen molar-refractivity contribution in [3.63, 3.8) is 0 Å². The molecule has 2 N–H and O–H groups in total. The molecule has 0 amide bonds. The molecule has 2 heterocycles. The maximum atomic E-state index is 15.2. The van der Waals surface area contributed by atoms with Crippen LogP contribution >= 0.6 is 23.4 Å². The van der Waals surface area contributed by atoms with Crippen molar-refractivity contribution in [2.24, 2.45) is 0 Å². The summed E-state index contributed by atoms with van der Waals surface area (Å²) >= 11 is 7.18. The van der Waals surface area contributed by atoms with Crippen LogP contribution in [0, 0.1) is 11.6 Å². The summed E-state index contributed by atoms with van der Waals surface area (Å²) in [6, 6.07) is 7.43. The summed E-state index contributed by atoms with van der Waals surface area (Å²) in [4.78, 5) is 12.2. The third-order valence-corrected chi connectivity index (χ3v) is 6.58. The molecule has 1 saturated carbocycles. The quantitative estimate of drug-likeness (QED) is 0.372. The van der Waals surface area contributed by atoms with Gasteiger partial charge < -0.3 is 9.67 Å². The number of hydrogen-bond acceptors (Lipinski definition) is 3. The predicted octanol–water partition coefficient (Wildman–Crippen LogP) is 5.63. The van der Waals surface area contributed by atoms with Crippen LogP contribution in [-0.2, 0) is 0 Å². The zero-order valence-electron chi connectivity index (χ0n) is 16.3. The SMILES string of the molecule is O=C(O)c1cccc(Sc2c(C3CC3)n(-c3cn[nH]c3)c3c(F)c(Cl)ccc23)c1F.[Na]. The molecule has 1 fully saturated rings. The minimum absolute atomic E-state index is 0. The van der Waals surface area contributed by atoms with Gasteiger partial charge in [0.15, 0.2) is 11.6 Å². The van der Waals surface area contributed by atoms with Crippen molar-refractivity contribution in [3.05, 3.63) is 70.6 Å². The second-order valence-electron chi connectivity index (χ2n) is 7.06. The van der Waals surface area contributed by atoms with Crippen molar-refractivity contribution in [1.82, 2.24) is 14.8 Å². The van der Waals surface area contributed by atoms with Gasteiger partial charge in [0.05, 0.1) is 28.0 Å². The number of nitrogens with one attached hydrogen (secondary N) is 1. The minimum atomic E-state index is -1.34. The smallest absolute Gasteiger partial charge is 0.338 e. The van der Waals surface area contributed by atoms with Gasteiger partial charge in [-0.15, -0.1) is 0 Å². The number of H-pyrrole nitrogens is 1. The molecule has 0 atom stereocenters. The molecule has 153 valence electrons. The molecule has 10 heteroatoms. The summed E-state index contributed by atoms with van der Waals surface area (Å²) in [6.07, 6.45) is 5.10. The Balaban J connectivity index is 0.00000231. The molecule has 1 aliphatic rings. The average Bonchev–Trinajstić information content (AvgIpc) is 3.30. The van der Waals surface area contributed by atoms with E-state index in [4.69, 9.17) is 11.6 Å². The molecular weight excluding hydrogens is 455 g/mol. The van der Waals surface area contributed by atoms with Gasteiger partial charge in [-0.25, -0.2) is 13.6 Å². The molecule has 5 nitrogen and oxygen atoms in total. The van der Waals surface area contributed by atoms with Gasteiger partial charge in [-0.2, -0.15) is 5.10 Å². The van der Waals surface area contributed by atoms with Crippen LogP contribution in [0.1, 0.15) is 34.8 Å². The molecule has 0 spiro atoms. The molecule has 1 radical (unpaired) electrons. The third kappa shape index (κ3) is 3.81. The number of hydrogen-bond donors (Lipinski definition) is 2. The number of carboxylic acids is 1. The molecule has 0 bridgehead atoms. The minimum Gasteiger partial charge on any atom is -0.478 e. The summed E-state index contributed by atoms with van der Waals surface area (Å²) in [5, 5.41) is 16.6. The van der Waals surface area contributed by atoms with Crippen LogP contribution in [0.4, 0.5) is 8.78 Å². The number of carboxylic acid groups (broad SMARTS) is 1. The monoisotopic (exact) mass is 468 g/mol. The molecule has 0 unspecified atom stereocenters. The zero-order chi connectivity index (χ0) is 21.0. The molecule has 31 heavy (non-hydrogen) atoms. The van der Waals surface area contributed by atoms with E-state index in [1.807, 2.05) is 0 Å². The fourth-order valence-corrected chi connectivity index (χ4v) is 4.99. The normalized spacial score (nSPS) is 13.4. The first-order chi connectivity index (χ1) is 14.5. The Hall–Kier alpha value is -1.84. The first-order valence-corrected chi connectivity index (χ1v) is 10.4. The number of aromatic carboxylic acids is 1. The van der Waals surface area contributed by atoms with Crippen molar-refractivity contribution in [2.45, 2.75) is 28.6 Å². The second kappa shape index (κ2) is 8.60. The fourth-order valence-electron chi connectivity index (χ4n) is 3.63. The number of aromatic nitrogens is 3. The summed E-state index contributed by atoms with van der Waals surface area (Å²) in [7, 11) is 0. The maximum absolute atomic E-state index is 15.2. The van der Waals surface area contributed by atoms with E-state index in [0.717, 1.165) is 30.3 Å². The molecule has 0 saturated heterocycles. The topological polar surface area (TPSA) is 70.9 Å². The van der Waals surface area contributed by atoms with Gasteiger partial charge in [-0.1, -0.05) is 29.4 Å². The number of aromatic amines is 1. The summed E-state index contributed by atoms with van der Waals surface area (Å²) < 4.78 is 31.8. The van der Waals surface area contributed by atoms with Crippen molar-refractivity contribution < 1.29 is 18.7 Å². The number of nitrogens with zero attached hydrogens (tertiary/aromatic N) is 2. The van der Waals surface area contributed by atoms with E-state index in [0.29, 0.717) is 21.5 Å². The van der Waals surface area contributed by atoms with Crippen molar-refractivity contribution >= 4 is 69.8 Å². The van der Waals surface area contributed by atoms with Crippen LogP contribution in [-0.4, -0.2) is 55.4 Å². The van der Waals surface area contributed by atoms with Gasteiger partial charge in [-0.3, -0.25) is 5.10 Å². The number of fused-ring (bicyclic) bond motifs is 1. The molecule has 2 aromatic carbocycles. The summed E-state index contributed by atoms with van der Waals surface area (Å²) in [5.74, 6) is -2.53. The van der Waals surface area contributed by atoms with Gasteiger partial charge in [0, 0.05) is 62.5 Å². The molecule has 0 aliphatic heterocycles. The Kier molecular flexibility index (Phi) is 6.20. The van der Waals surface area contributed by atoms with E-state index >= 15 is 4.39 Å². The Bertz CT molecular complexity index is 1310. The van der Waals surface area contributed by atoms with Crippen molar-refractivity contribution in [3.8, 4) is 5.69 Å². The standard InChI is InChI=1S/C21H14ClF2N3O2S.Na/c22-14-7-6-13-19(17(14)24)27(11-8-25-26-9-11)18(10-4-5-10)20(13)30-15-3-1-2-12(16(15)23)21(28)29;/h1-3,6-10H,4-5H2,(H,25,26)(H,28,29);. The zero-order valence-corrected chi connectivity index (χ0v) is 19.9. The Labute approximate surface area is 207 Å². The number of carbonyl (C=O) groups is 1. The van der Waals surface area contributed by atoms with Gasteiger partial charge in [0.25, 0.3) is 0 Å². The van der Waals surface area contributed by atoms with E-state index in [1.54, 1.807) is 23.0 Å². The first-order valence-electron chi connectivity index (χ1n) is 9.18. The van der Waals surface area contributed by atoms with Crippen LogP contribution in [0.2, 0.25) is 5.02 Å². The molecule has 4 aromatic rings. The Morgan fingerprint density at radius 3 is 2.65 bits per heavy atom. The molecule has 5 rings (SSSR count). The predicted molar refractivity (Wildman–Crippen MR) is 116 cm³/mol. The summed E-state index contributed by atoms with van der Waals surface area (Å²) in [5.41, 5.74) is 1.39. The fraction of sp³-hybridized carbons (Fsp3) is 0.143. The molecule has 1 aliphatic carbocycles. The van der Waals surface area contributed by atoms with Gasteiger partial charge in [-0.05, 0) is 37.1 Å². The van der Waals surface area contributed by atoms with E-state index < -0.39 is 23.2 Å². The van der Waals surface area contributed by atoms with Crippen LogP contribution in [0.25, 0.3) is 16.6 Å². The van der Waals surface area contributed by atoms with E-state index in [-0.39, 0.29) is 45.4 Å². The van der Waals surface area contributed by atoms with Crippen LogP contribution in [0.15, 0.2) is 52.5 Å². The number of benzene rings is 2. The van der Waals surface area contributed by atoms with Crippen LogP contribution in [0.5, 0.6) is 0 Å². The second-order valence-corrected chi connectivity index (χ2v) is 8.52. The van der Waals surface area contributed by atoms with Gasteiger partial charge in [0.2, 0.25) is 0 Å². The van der Waals surface area contributed by atoms with Crippen molar-refractivity contribution in [1.29, 1.82) is 0 Å². The Morgan fingerprint density at radius 1 is 1.23 bits per heavy atom. The van der Waals surface area contributed by atoms with Crippen LogP contribution < -0.4 is 0 Å². The maximum Gasteiger partial charge on any atom is 0.338 e.